The number of anilines is 1. The summed E-state index contributed by atoms with van der Waals surface area (Å²) < 4.78 is 5.78. The van der Waals surface area contributed by atoms with Crippen molar-refractivity contribution >= 4 is 5.69 Å². The molecule has 1 atom stereocenters. The fraction of sp³-hybridized carbons (Fsp3) is 0.556. The molecule has 5 nitrogen and oxygen atoms in total. The second-order valence-corrected chi connectivity index (χ2v) is 6.81. The van der Waals surface area contributed by atoms with Gasteiger partial charge in [-0.25, -0.2) is 0 Å². The molecule has 23 heavy (non-hydrogen) atoms. The Bertz CT molecular complexity index is 650. The normalized spacial score (nSPS) is 18.7. The van der Waals surface area contributed by atoms with Crippen LogP contribution in [-0.2, 0) is 6.54 Å². The van der Waals surface area contributed by atoms with Gasteiger partial charge in [-0.2, -0.15) is 0 Å². The number of hydrogen-bond donors (Lipinski definition) is 0. The highest BCUT2D eigenvalue weighted by Gasteiger charge is 2.27. The van der Waals surface area contributed by atoms with Crippen LogP contribution in [0.3, 0.4) is 0 Å². The molecule has 1 aliphatic rings. The van der Waals surface area contributed by atoms with Crippen molar-refractivity contribution in [1.82, 2.24) is 15.1 Å². The van der Waals surface area contributed by atoms with Crippen LogP contribution in [0, 0.1) is 0 Å². The van der Waals surface area contributed by atoms with E-state index in [2.05, 4.69) is 72.2 Å². The molecule has 0 spiro atoms. The van der Waals surface area contributed by atoms with E-state index in [1.807, 2.05) is 0 Å². The van der Waals surface area contributed by atoms with E-state index in [-0.39, 0.29) is 5.92 Å². The van der Waals surface area contributed by atoms with Crippen molar-refractivity contribution in [1.29, 1.82) is 0 Å². The van der Waals surface area contributed by atoms with Gasteiger partial charge in [0.2, 0.25) is 11.8 Å². The van der Waals surface area contributed by atoms with Crippen molar-refractivity contribution in [3.8, 4) is 0 Å². The molecule has 1 aromatic heterocycles. The molecule has 0 bridgehead atoms. The van der Waals surface area contributed by atoms with Gasteiger partial charge in [-0.05, 0) is 37.1 Å². The first-order chi connectivity index (χ1) is 11.0. The molecule has 1 fully saturated rings. The Labute approximate surface area is 138 Å². The topological polar surface area (TPSA) is 45.4 Å². The van der Waals surface area contributed by atoms with E-state index in [1.165, 1.54) is 24.1 Å². The van der Waals surface area contributed by atoms with Crippen molar-refractivity contribution < 1.29 is 4.42 Å². The van der Waals surface area contributed by atoms with E-state index >= 15 is 0 Å². The monoisotopic (exact) mass is 314 g/mol. The summed E-state index contributed by atoms with van der Waals surface area (Å²) >= 11 is 0. The van der Waals surface area contributed by atoms with Gasteiger partial charge < -0.3 is 9.32 Å². The maximum atomic E-state index is 5.78. The van der Waals surface area contributed by atoms with Crippen LogP contribution in [0.4, 0.5) is 5.69 Å². The van der Waals surface area contributed by atoms with Crippen molar-refractivity contribution in [3.05, 3.63) is 41.6 Å². The molecule has 124 valence electrons. The summed E-state index contributed by atoms with van der Waals surface area (Å²) in [7, 11) is 4.16. The standard InChI is InChI=1S/C18H26N4O/c1-13(2)18-20-19-17(23-18)12-22-10-6-9-16(22)14-7-5-8-15(11-14)21(3)4/h5,7-8,11,13,16H,6,9-10,12H2,1-4H3/t16-/m0/s1. The molecule has 0 amide bonds. The SMILES string of the molecule is CC(C)c1nnc(CN2CCC[C@H]2c2cccc(N(C)C)c2)o1. The fourth-order valence-electron chi connectivity index (χ4n) is 3.14. The van der Waals surface area contributed by atoms with Gasteiger partial charge in [0.05, 0.1) is 6.54 Å². The number of nitrogens with zero attached hydrogens (tertiary/aromatic N) is 4. The lowest BCUT2D eigenvalue weighted by Crippen LogP contribution is -2.23. The maximum Gasteiger partial charge on any atom is 0.230 e. The van der Waals surface area contributed by atoms with Crippen LogP contribution < -0.4 is 4.90 Å². The van der Waals surface area contributed by atoms with E-state index in [0.29, 0.717) is 6.04 Å². The third kappa shape index (κ3) is 3.55. The summed E-state index contributed by atoms with van der Waals surface area (Å²) in [6.45, 7) is 5.96. The second kappa shape index (κ2) is 6.71. The van der Waals surface area contributed by atoms with Crippen LogP contribution in [0.2, 0.25) is 0 Å². The van der Waals surface area contributed by atoms with Crippen LogP contribution in [0.1, 0.15) is 56.0 Å². The average molecular weight is 314 g/mol. The molecule has 1 aromatic carbocycles. The minimum absolute atomic E-state index is 0.280. The van der Waals surface area contributed by atoms with Gasteiger partial charge in [-0.1, -0.05) is 26.0 Å². The highest BCUT2D eigenvalue weighted by Crippen LogP contribution is 2.34. The number of aromatic nitrogens is 2. The predicted molar refractivity (Wildman–Crippen MR) is 91.5 cm³/mol. The molecular formula is C18H26N4O. The van der Waals surface area contributed by atoms with E-state index in [1.54, 1.807) is 0 Å². The number of benzene rings is 1. The Hall–Kier alpha value is -1.88. The third-order valence-corrected chi connectivity index (χ3v) is 4.45. The molecule has 2 aromatic rings. The van der Waals surface area contributed by atoms with Gasteiger partial charge in [-0.3, -0.25) is 4.90 Å². The van der Waals surface area contributed by atoms with Gasteiger partial charge in [0.15, 0.2) is 0 Å². The molecule has 1 aliphatic heterocycles. The first kappa shape index (κ1) is 16.0. The van der Waals surface area contributed by atoms with Crippen LogP contribution >= 0.6 is 0 Å². The molecule has 1 saturated heterocycles. The number of rotatable bonds is 5. The van der Waals surface area contributed by atoms with Crippen LogP contribution in [0.5, 0.6) is 0 Å². The first-order valence-electron chi connectivity index (χ1n) is 8.38. The minimum Gasteiger partial charge on any atom is -0.424 e. The predicted octanol–water partition coefficient (Wildman–Crippen LogP) is 3.60. The molecule has 0 saturated carbocycles. The minimum atomic E-state index is 0.280. The summed E-state index contributed by atoms with van der Waals surface area (Å²) in [5.74, 6) is 1.73. The summed E-state index contributed by atoms with van der Waals surface area (Å²) in [6.07, 6.45) is 2.39. The molecule has 5 heteroatoms. The average Bonchev–Trinajstić information content (AvgIpc) is 3.17. The maximum absolute atomic E-state index is 5.78. The molecule has 0 unspecified atom stereocenters. The highest BCUT2D eigenvalue weighted by atomic mass is 16.4. The van der Waals surface area contributed by atoms with Crippen molar-refractivity contribution in [2.24, 2.45) is 0 Å². The lowest BCUT2D eigenvalue weighted by atomic mass is 10.0. The van der Waals surface area contributed by atoms with E-state index in [9.17, 15) is 0 Å². The Morgan fingerprint density at radius 3 is 2.83 bits per heavy atom. The fourth-order valence-corrected chi connectivity index (χ4v) is 3.14. The highest BCUT2D eigenvalue weighted by molar-refractivity contribution is 5.48. The summed E-state index contributed by atoms with van der Waals surface area (Å²) in [5.41, 5.74) is 2.62. The Morgan fingerprint density at radius 2 is 2.13 bits per heavy atom. The molecule has 0 N–H and O–H groups in total. The summed E-state index contributed by atoms with van der Waals surface area (Å²) in [6, 6.07) is 9.24. The van der Waals surface area contributed by atoms with Crippen molar-refractivity contribution in [3.63, 3.8) is 0 Å². The lowest BCUT2D eigenvalue weighted by Gasteiger charge is -2.24. The Kier molecular flexibility index (Phi) is 4.66. The van der Waals surface area contributed by atoms with Crippen molar-refractivity contribution in [2.75, 3.05) is 25.5 Å². The molecule has 3 rings (SSSR count). The Balaban J connectivity index is 1.75. The van der Waals surface area contributed by atoms with E-state index in [4.69, 9.17) is 4.42 Å². The zero-order chi connectivity index (χ0) is 16.4. The number of hydrogen-bond acceptors (Lipinski definition) is 5. The van der Waals surface area contributed by atoms with Gasteiger partial charge >= 0.3 is 0 Å². The first-order valence-corrected chi connectivity index (χ1v) is 8.38. The van der Waals surface area contributed by atoms with Gasteiger partial charge in [0.1, 0.15) is 0 Å². The van der Waals surface area contributed by atoms with Crippen molar-refractivity contribution in [2.45, 2.75) is 45.2 Å². The van der Waals surface area contributed by atoms with E-state index in [0.717, 1.165) is 24.9 Å². The summed E-state index contributed by atoms with van der Waals surface area (Å²) in [5, 5.41) is 8.35. The van der Waals surface area contributed by atoms with Crippen LogP contribution in [0.25, 0.3) is 0 Å². The van der Waals surface area contributed by atoms with Crippen LogP contribution in [-0.4, -0.2) is 35.7 Å². The van der Waals surface area contributed by atoms with Crippen LogP contribution in [0.15, 0.2) is 28.7 Å². The molecular weight excluding hydrogens is 288 g/mol. The molecule has 2 heterocycles. The largest absolute Gasteiger partial charge is 0.424 e. The smallest absolute Gasteiger partial charge is 0.230 e. The molecule has 0 aliphatic carbocycles. The summed E-state index contributed by atoms with van der Waals surface area (Å²) in [4.78, 5) is 4.60. The quantitative estimate of drug-likeness (QED) is 0.844. The third-order valence-electron chi connectivity index (χ3n) is 4.45. The zero-order valence-corrected chi connectivity index (χ0v) is 14.5. The van der Waals surface area contributed by atoms with Gasteiger partial charge in [0, 0.05) is 31.7 Å². The Morgan fingerprint density at radius 1 is 1.30 bits per heavy atom. The van der Waals surface area contributed by atoms with Gasteiger partial charge in [0.25, 0.3) is 0 Å². The zero-order valence-electron chi connectivity index (χ0n) is 14.5. The van der Waals surface area contributed by atoms with E-state index < -0.39 is 0 Å². The number of likely N-dealkylation sites (tertiary alicyclic amines) is 1. The second-order valence-electron chi connectivity index (χ2n) is 6.81. The van der Waals surface area contributed by atoms with Gasteiger partial charge in [-0.15, -0.1) is 10.2 Å². The molecule has 0 radical (unpaired) electrons. The lowest BCUT2D eigenvalue weighted by molar-refractivity contribution is 0.220.